The van der Waals surface area contributed by atoms with Crippen molar-refractivity contribution >= 4 is 22.5 Å². The molecule has 0 spiro atoms. The van der Waals surface area contributed by atoms with Crippen molar-refractivity contribution in [1.82, 2.24) is 9.88 Å². The van der Waals surface area contributed by atoms with Gasteiger partial charge < -0.3 is 9.80 Å². The normalized spacial score (nSPS) is 16.1. The number of nitrogens with zero attached hydrogens (tertiary/aromatic N) is 3. The van der Waals surface area contributed by atoms with E-state index < -0.39 is 22.5 Å². The number of piperazine rings is 1. The molecule has 28 heavy (non-hydrogen) atoms. The van der Waals surface area contributed by atoms with Crippen molar-refractivity contribution in [2.24, 2.45) is 0 Å². The summed E-state index contributed by atoms with van der Waals surface area (Å²) in [5.41, 5.74) is 0.612. The van der Waals surface area contributed by atoms with Gasteiger partial charge in [0.05, 0.1) is 5.56 Å². The second-order valence-electron chi connectivity index (χ2n) is 6.60. The molecule has 2 aromatic rings. The number of rotatable bonds is 4. The third-order valence-corrected chi connectivity index (χ3v) is 5.25. The van der Waals surface area contributed by atoms with E-state index >= 15 is 0 Å². The highest BCUT2D eigenvalue weighted by Crippen LogP contribution is 2.29. The van der Waals surface area contributed by atoms with Crippen LogP contribution in [0.15, 0.2) is 42.6 Å². The molecule has 9 heteroatoms. The second-order valence-corrected chi connectivity index (χ2v) is 8.04. The van der Waals surface area contributed by atoms with Crippen LogP contribution in [0.3, 0.4) is 0 Å². The monoisotopic (exact) mass is 411 g/mol. The number of halogens is 3. The summed E-state index contributed by atoms with van der Waals surface area (Å²) in [6.45, 7) is 1.88. The molecule has 1 aromatic heterocycles. The van der Waals surface area contributed by atoms with Crippen LogP contribution in [0.5, 0.6) is 0 Å². The van der Waals surface area contributed by atoms with E-state index in [2.05, 4.69) is 4.98 Å². The van der Waals surface area contributed by atoms with Gasteiger partial charge in [-0.05, 0) is 29.8 Å². The number of amides is 1. The molecule has 1 aliphatic heterocycles. The third kappa shape index (κ3) is 4.89. The van der Waals surface area contributed by atoms with Crippen molar-refractivity contribution in [3.05, 3.63) is 59.3 Å². The number of carbonyl (C=O) groups excluding carboxylic acids is 1. The van der Waals surface area contributed by atoms with Crippen molar-refractivity contribution < 1.29 is 22.2 Å². The molecule has 1 unspecified atom stereocenters. The molecule has 0 N–H and O–H groups in total. The smallest absolute Gasteiger partial charge is 0.353 e. The number of hydrogen-bond donors (Lipinski definition) is 0. The lowest BCUT2D eigenvalue weighted by molar-refractivity contribution is -0.137. The van der Waals surface area contributed by atoms with Gasteiger partial charge in [0.1, 0.15) is 5.82 Å². The Bertz CT molecular complexity index is 863. The SMILES string of the molecule is CS(=O)Cc1cccc(C(=O)N2CCN(c3ccc(C(F)(F)F)cn3)CC2)c1. The molecule has 0 aliphatic carbocycles. The van der Waals surface area contributed by atoms with Crippen LogP contribution in [0.2, 0.25) is 0 Å². The van der Waals surface area contributed by atoms with Gasteiger partial charge in [-0.25, -0.2) is 4.98 Å². The van der Waals surface area contributed by atoms with Crippen LogP contribution in [0.4, 0.5) is 19.0 Å². The van der Waals surface area contributed by atoms with Gasteiger partial charge in [0.2, 0.25) is 0 Å². The zero-order valence-corrected chi connectivity index (χ0v) is 16.1. The van der Waals surface area contributed by atoms with Gasteiger partial charge in [-0.1, -0.05) is 12.1 Å². The van der Waals surface area contributed by atoms with Crippen LogP contribution >= 0.6 is 0 Å². The lowest BCUT2D eigenvalue weighted by Crippen LogP contribution is -2.49. The topological polar surface area (TPSA) is 53.5 Å². The molecule has 1 amide bonds. The summed E-state index contributed by atoms with van der Waals surface area (Å²) in [5.74, 6) is 0.755. The minimum Gasteiger partial charge on any atom is -0.353 e. The second kappa shape index (κ2) is 8.30. The molecule has 1 fully saturated rings. The van der Waals surface area contributed by atoms with Crippen LogP contribution in [0.25, 0.3) is 0 Å². The summed E-state index contributed by atoms with van der Waals surface area (Å²) < 4.78 is 49.3. The maximum Gasteiger partial charge on any atom is 0.417 e. The van der Waals surface area contributed by atoms with Crippen LogP contribution < -0.4 is 4.90 Å². The third-order valence-electron chi connectivity index (χ3n) is 4.51. The molecular formula is C19H20F3N3O2S. The van der Waals surface area contributed by atoms with Crippen molar-refractivity contribution in [3.63, 3.8) is 0 Å². The minimum absolute atomic E-state index is 0.108. The number of anilines is 1. The molecular weight excluding hydrogens is 391 g/mol. The number of pyridine rings is 1. The largest absolute Gasteiger partial charge is 0.417 e. The van der Waals surface area contributed by atoms with E-state index in [9.17, 15) is 22.2 Å². The molecule has 3 rings (SSSR count). The van der Waals surface area contributed by atoms with Crippen LogP contribution in [0, 0.1) is 0 Å². The van der Waals surface area contributed by atoms with E-state index in [-0.39, 0.29) is 5.91 Å². The van der Waals surface area contributed by atoms with E-state index in [1.807, 2.05) is 11.0 Å². The first kappa shape index (κ1) is 20.3. The standard InChI is InChI=1S/C19H20F3N3O2S/c1-28(27)13-14-3-2-4-15(11-14)18(26)25-9-7-24(8-10-25)17-6-5-16(12-23-17)19(20,21)22/h2-6,11-12H,7-10,13H2,1H3. The number of benzene rings is 1. The van der Waals surface area contributed by atoms with Gasteiger partial charge in [0.25, 0.3) is 5.91 Å². The summed E-state index contributed by atoms with van der Waals surface area (Å²) in [4.78, 5) is 20.2. The zero-order valence-electron chi connectivity index (χ0n) is 15.3. The van der Waals surface area contributed by atoms with E-state index in [1.165, 1.54) is 6.07 Å². The predicted octanol–water partition coefficient (Wildman–Crippen LogP) is 2.94. The summed E-state index contributed by atoms with van der Waals surface area (Å²) in [6, 6.07) is 9.48. The van der Waals surface area contributed by atoms with Crippen molar-refractivity contribution in [2.45, 2.75) is 11.9 Å². The van der Waals surface area contributed by atoms with Crippen molar-refractivity contribution in [2.75, 3.05) is 37.3 Å². The fourth-order valence-corrected chi connectivity index (χ4v) is 3.74. The summed E-state index contributed by atoms with van der Waals surface area (Å²) in [6.07, 6.45) is -1.96. The molecule has 1 aliphatic rings. The number of carbonyl (C=O) groups is 1. The van der Waals surface area contributed by atoms with Crippen molar-refractivity contribution in [1.29, 1.82) is 0 Å². The van der Waals surface area contributed by atoms with Crippen LogP contribution in [-0.2, 0) is 22.7 Å². The number of alkyl halides is 3. The van der Waals surface area contributed by atoms with E-state index in [0.29, 0.717) is 43.3 Å². The van der Waals surface area contributed by atoms with Gasteiger partial charge in [0, 0.05) is 60.7 Å². The number of hydrogen-bond acceptors (Lipinski definition) is 4. The van der Waals surface area contributed by atoms with E-state index in [4.69, 9.17) is 0 Å². The lowest BCUT2D eigenvalue weighted by atomic mass is 10.1. The Hall–Kier alpha value is -2.42. The summed E-state index contributed by atoms with van der Waals surface area (Å²) >= 11 is 0. The molecule has 1 saturated heterocycles. The number of aromatic nitrogens is 1. The maximum absolute atomic E-state index is 12.7. The molecule has 1 aromatic carbocycles. The first-order valence-corrected chi connectivity index (χ1v) is 10.4. The maximum atomic E-state index is 12.7. The molecule has 0 saturated carbocycles. The summed E-state index contributed by atoms with van der Waals surface area (Å²) in [5, 5.41) is 0. The Labute approximate surface area is 163 Å². The molecule has 1 atom stereocenters. The highest BCUT2D eigenvalue weighted by atomic mass is 32.2. The van der Waals surface area contributed by atoms with E-state index in [1.54, 1.807) is 29.4 Å². The molecule has 0 bridgehead atoms. The fourth-order valence-electron chi connectivity index (χ4n) is 3.09. The zero-order chi connectivity index (χ0) is 20.3. The first-order valence-electron chi connectivity index (χ1n) is 8.70. The van der Waals surface area contributed by atoms with Crippen molar-refractivity contribution in [3.8, 4) is 0 Å². The van der Waals surface area contributed by atoms with Crippen LogP contribution in [0.1, 0.15) is 21.5 Å². The van der Waals surface area contributed by atoms with Gasteiger partial charge in [0.15, 0.2) is 0 Å². The Balaban J connectivity index is 1.62. The highest BCUT2D eigenvalue weighted by Gasteiger charge is 2.31. The Morgan fingerprint density at radius 2 is 1.86 bits per heavy atom. The van der Waals surface area contributed by atoms with Gasteiger partial charge in [-0.2, -0.15) is 13.2 Å². The Morgan fingerprint density at radius 3 is 2.43 bits per heavy atom. The predicted molar refractivity (Wildman–Crippen MR) is 102 cm³/mol. The molecule has 5 nitrogen and oxygen atoms in total. The first-order chi connectivity index (χ1) is 13.2. The van der Waals surface area contributed by atoms with Gasteiger partial charge in [-0.3, -0.25) is 9.00 Å². The molecule has 0 radical (unpaired) electrons. The molecule has 2 heterocycles. The van der Waals surface area contributed by atoms with Gasteiger partial charge in [-0.15, -0.1) is 0 Å². The lowest BCUT2D eigenvalue weighted by Gasteiger charge is -2.35. The quantitative estimate of drug-likeness (QED) is 0.776. The summed E-state index contributed by atoms with van der Waals surface area (Å²) in [7, 11) is -0.985. The average Bonchev–Trinajstić information content (AvgIpc) is 2.67. The fraction of sp³-hybridized carbons (Fsp3) is 0.368. The van der Waals surface area contributed by atoms with Gasteiger partial charge >= 0.3 is 6.18 Å². The highest BCUT2D eigenvalue weighted by molar-refractivity contribution is 7.83. The van der Waals surface area contributed by atoms with E-state index in [0.717, 1.165) is 17.8 Å². The Kier molecular flexibility index (Phi) is 6.02. The Morgan fingerprint density at radius 1 is 1.14 bits per heavy atom. The average molecular weight is 411 g/mol. The van der Waals surface area contributed by atoms with Crippen LogP contribution in [-0.4, -0.2) is 52.4 Å². The molecule has 150 valence electrons. The minimum atomic E-state index is -4.41.